The highest BCUT2D eigenvalue weighted by atomic mass is 19.4. The maximum absolute atomic E-state index is 12.6. The second kappa shape index (κ2) is 7.23. The first-order chi connectivity index (χ1) is 10.9. The van der Waals surface area contributed by atoms with Gasteiger partial charge in [-0.15, -0.1) is 0 Å². The number of nitrogens with zero attached hydrogens (tertiary/aromatic N) is 3. The number of hydrogen-bond acceptors (Lipinski definition) is 4. The van der Waals surface area contributed by atoms with E-state index in [2.05, 4.69) is 15.4 Å². The van der Waals surface area contributed by atoms with Gasteiger partial charge >= 0.3 is 6.18 Å². The number of anilines is 1. The average Bonchev–Trinajstić information content (AvgIpc) is 2.91. The van der Waals surface area contributed by atoms with E-state index >= 15 is 0 Å². The molecule has 0 fully saturated rings. The van der Waals surface area contributed by atoms with Crippen LogP contribution in [0.2, 0.25) is 0 Å². The number of aliphatic hydroxyl groups is 1. The van der Waals surface area contributed by atoms with Crippen molar-refractivity contribution in [2.24, 2.45) is 0 Å². The van der Waals surface area contributed by atoms with Crippen LogP contribution >= 0.6 is 0 Å². The second-order valence-corrected chi connectivity index (χ2v) is 4.78. The van der Waals surface area contributed by atoms with Crippen molar-refractivity contribution in [1.82, 2.24) is 14.8 Å². The van der Waals surface area contributed by atoms with Crippen molar-refractivity contribution in [1.29, 1.82) is 0 Å². The third-order valence-corrected chi connectivity index (χ3v) is 2.89. The third-order valence-electron chi connectivity index (χ3n) is 2.89. The van der Waals surface area contributed by atoms with Gasteiger partial charge in [-0.1, -0.05) is 6.07 Å². The lowest BCUT2D eigenvalue weighted by Crippen LogP contribution is -2.17. The predicted molar refractivity (Wildman–Crippen MR) is 75.5 cm³/mol. The van der Waals surface area contributed by atoms with Crippen molar-refractivity contribution in [2.45, 2.75) is 25.6 Å². The molecule has 2 heterocycles. The molecule has 0 unspecified atom stereocenters. The summed E-state index contributed by atoms with van der Waals surface area (Å²) in [6.07, 6.45) is -2.66. The predicted octanol–water partition coefficient (Wildman–Crippen LogP) is 1.86. The number of hydrogen-bond donors (Lipinski definition) is 2. The standard InChI is InChI=1S/C14H15F3N4O2/c15-14(16,17)11-4-1-3-10(18-11)9-13(23)19-12-5-7-21(20-12)6-2-8-22/h1,3-5,7,22H,2,6,8-9H2,(H,19,20,23). The first-order valence-electron chi connectivity index (χ1n) is 6.86. The van der Waals surface area contributed by atoms with E-state index in [1.165, 1.54) is 12.1 Å². The quantitative estimate of drug-likeness (QED) is 0.848. The number of carbonyl (C=O) groups excluding carboxylic acids is 1. The average molecular weight is 328 g/mol. The molecule has 0 aliphatic rings. The number of halogens is 3. The molecule has 0 saturated carbocycles. The molecule has 2 rings (SSSR count). The van der Waals surface area contributed by atoms with Crippen LogP contribution in [0, 0.1) is 0 Å². The van der Waals surface area contributed by atoms with Crippen molar-refractivity contribution < 1.29 is 23.1 Å². The van der Waals surface area contributed by atoms with E-state index in [1.54, 1.807) is 16.9 Å². The fourth-order valence-corrected chi connectivity index (χ4v) is 1.87. The van der Waals surface area contributed by atoms with Crippen molar-refractivity contribution >= 4 is 11.7 Å². The van der Waals surface area contributed by atoms with Gasteiger partial charge in [0.25, 0.3) is 0 Å². The molecule has 23 heavy (non-hydrogen) atoms. The van der Waals surface area contributed by atoms with Gasteiger partial charge in [-0.2, -0.15) is 18.3 Å². The molecule has 124 valence electrons. The first kappa shape index (κ1) is 16.9. The highest BCUT2D eigenvalue weighted by Crippen LogP contribution is 2.27. The topological polar surface area (TPSA) is 80.0 Å². The van der Waals surface area contributed by atoms with Gasteiger partial charge in [0.15, 0.2) is 5.82 Å². The SMILES string of the molecule is O=C(Cc1cccc(C(F)(F)F)n1)Nc1ccn(CCCO)n1. The molecule has 2 aromatic rings. The Kier molecular flexibility index (Phi) is 5.32. The van der Waals surface area contributed by atoms with Crippen LogP contribution in [-0.2, 0) is 23.9 Å². The molecule has 0 aromatic carbocycles. The number of aliphatic hydroxyl groups excluding tert-OH is 1. The Morgan fingerprint density at radius 3 is 2.78 bits per heavy atom. The van der Waals surface area contributed by atoms with E-state index in [9.17, 15) is 18.0 Å². The van der Waals surface area contributed by atoms with Crippen LogP contribution in [-0.4, -0.2) is 32.4 Å². The number of rotatable bonds is 6. The maximum Gasteiger partial charge on any atom is 0.433 e. The number of alkyl halides is 3. The molecule has 9 heteroatoms. The second-order valence-electron chi connectivity index (χ2n) is 4.78. The van der Waals surface area contributed by atoms with E-state index in [-0.39, 0.29) is 18.7 Å². The number of aryl methyl sites for hydroxylation is 1. The van der Waals surface area contributed by atoms with Crippen LogP contribution in [0.1, 0.15) is 17.8 Å². The molecule has 6 nitrogen and oxygen atoms in total. The molecule has 0 spiro atoms. The van der Waals surface area contributed by atoms with E-state index in [0.29, 0.717) is 18.8 Å². The minimum Gasteiger partial charge on any atom is -0.396 e. The Bertz CT molecular complexity index is 670. The summed E-state index contributed by atoms with van der Waals surface area (Å²) in [6, 6.07) is 4.98. The van der Waals surface area contributed by atoms with Gasteiger partial charge in [-0.3, -0.25) is 9.48 Å². The molecular formula is C14H15F3N4O2. The molecule has 0 aliphatic carbocycles. The normalized spacial score (nSPS) is 11.5. The summed E-state index contributed by atoms with van der Waals surface area (Å²) < 4.78 is 39.2. The van der Waals surface area contributed by atoms with Crippen LogP contribution in [0.15, 0.2) is 30.5 Å². The molecule has 0 aliphatic heterocycles. The third kappa shape index (κ3) is 5.06. The highest BCUT2D eigenvalue weighted by molar-refractivity contribution is 5.91. The lowest BCUT2D eigenvalue weighted by molar-refractivity contribution is -0.141. The summed E-state index contributed by atoms with van der Waals surface area (Å²) in [7, 11) is 0. The number of pyridine rings is 1. The zero-order valence-corrected chi connectivity index (χ0v) is 12.0. The van der Waals surface area contributed by atoms with Gasteiger partial charge in [-0.05, 0) is 18.6 Å². The Morgan fingerprint density at radius 1 is 1.30 bits per heavy atom. The zero-order chi connectivity index (χ0) is 16.9. The summed E-state index contributed by atoms with van der Waals surface area (Å²) in [4.78, 5) is 15.3. The van der Waals surface area contributed by atoms with Gasteiger partial charge in [0.1, 0.15) is 5.69 Å². The summed E-state index contributed by atoms with van der Waals surface area (Å²) in [5.41, 5.74) is -1.01. The monoisotopic (exact) mass is 328 g/mol. The van der Waals surface area contributed by atoms with Crippen LogP contribution in [0.4, 0.5) is 19.0 Å². The van der Waals surface area contributed by atoms with Crippen LogP contribution in [0.5, 0.6) is 0 Å². The lowest BCUT2D eigenvalue weighted by Gasteiger charge is -2.07. The van der Waals surface area contributed by atoms with Crippen molar-refractivity contribution in [3.05, 3.63) is 41.9 Å². The number of nitrogens with one attached hydrogen (secondary N) is 1. The minimum absolute atomic E-state index is 0.0250. The van der Waals surface area contributed by atoms with Gasteiger partial charge in [-0.25, -0.2) is 4.98 Å². The van der Waals surface area contributed by atoms with Crippen LogP contribution < -0.4 is 5.32 Å². The highest BCUT2D eigenvalue weighted by Gasteiger charge is 2.32. The Labute approximate surface area is 130 Å². The van der Waals surface area contributed by atoms with Crippen LogP contribution in [0.3, 0.4) is 0 Å². The van der Waals surface area contributed by atoms with E-state index in [0.717, 1.165) is 6.07 Å². The Balaban J connectivity index is 1.96. The minimum atomic E-state index is -4.54. The smallest absolute Gasteiger partial charge is 0.396 e. The van der Waals surface area contributed by atoms with Crippen molar-refractivity contribution in [3.63, 3.8) is 0 Å². The largest absolute Gasteiger partial charge is 0.433 e. The van der Waals surface area contributed by atoms with Crippen LogP contribution in [0.25, 0.3) is 0 Å². The van der Waals surface area contributed by atoms with E-state index in [4.69, 9.17) is 5.11 Å². The zero-order valence-electron chi connectivity index (χ0n) is 12.0. The van der Waals surface area contributed by atoms with E-state index in [1.807, 2.05) is 0 Å². The van der Waals surface area contributed by atoms with Gasteiger partial charge in [0.2, 0.25) is 5.91 Å². The van der Waals surface area contributed by atoms with Gasteiger partial charge < -0.3 is 10.4 Å². The summed E-state index contributed by atoms with van der Waals surface area (Å²) in [5, 5.41) is 15.3. The van der Waals surface area contributed by atoms with Crippen molar-refractivity contribution in [2.75, 3.05) is 11.9 Å². The molecule has 0 saturated heterocycles. The Hall–Kier alpha value is -2.42. The molecule has 2 aromatic heterocycles. The summed E-state index contributed by atoms with van der Waals surface area (Å²) >= 11 is 0. The molecule has 1 amide bonds. The molecule has 2 N–H and O–H groups in total. The molecule has 0 bridgehead atoms. The summed E-state index contributed by atoms with van der Waals surface area (Å²) in [6.45, 7) is 0.532. The number of aromatic nitrogens is 3. The number of carbonyl (C=O) groups is 1. The first-order valence-corrected chi connectivity index (χ1v) is 6.86. The fraction of sp³-hybridized carbons (Fsp3) is 0.357. The van der Waals surface area contributed by atoms with Gasteiger partial charge in [0, 0.05) is 25.4 Å². The van der Waals surface area contributed by atoms with Gasteiger partial charge in [0.05, 0.1) is 12.1 Å². The molecule has 0 atom stereocenters. The molecular weight excluding hydrogens is 313 g/mol. The number of amides is 1. The Morgan fingerprint density at radius 2 is 2.09 bits per heavy atom. The molecule has 0 radical (unpaired) electrons. The fourth-order valence-electron chi connectivity index (χ4n) is 1.87. The van der Waals surface area contributed by atoms with Crippen molar-refractivity contribution in [3.8, 4) is 0 Å². The summed E-state index contributed by atoms with van der Waals surface area (Å²) in [5.74, 6) is -0.218. The lowest BCUT2D eigenvalue weighted by atomic mass is 10.2. The maximum atomic E-state index is 12.6. The van der Waals surface area contributed by atoms with E-state index < -0.39 is 17.8 Å².